The van der Waals surface area contributed by atoms with Crippen molar-refractivity contribution in [3.63, 3.8) is 0 Å². The topological polar surface area (TPSA) is 565 Å². The van der Waals surface area contributed by atoms with Crippen molar-refractivity contribution in [2.75, 3.05) is 45.8 Å². The number of amides is 12. The van der Waals surface area contributed by atoms with Crippen LogP contribution in [-0.2, 0) is 83.1 Å². The van der Waals surface area contributed by atoms with E-state index in [1.165, 1.54) is 45.9 Å². The van der Waals surface area contributed by atoms with Crippen LogP contribution in [0.15, 0.2) is 29.3 Å². The molecule has 1 aromatic rings. The third-order valence-corrected chi connectivity index (χ3v) is 18.9. The van der Waals surface area contributed by atoms with Gasteiger partial charge in [-0.25, -0.2) is 4.79 Å². The van der Waals surface area contributed by atoms with Gasteiger partial charge in [0, 0.05) is 52.1 Å². The quantitative estimate of drug-likeness (QED) is 0.0132. The Morgan fingerprint density at radius 1 is 0.485 bits per heavy atom. The first-order valence-electron chi connectivity index (χ1n) is 34.7. The molecule has 5 heterocycles. The molecular weight excluding hydrogens is 1350 g/mol. The Bertz CT molecular complexity index is 3350. The highest BCUT2D eigenvalue weighted by Gasteiger charge is 2.48. The normalized spacial score (nSPS) is 20.7. The van der Waals surface area contributed by atoms with E-state index in [2.05, 4.69) is 42.2 Å². The molecule has 37 heteroatoms. The van der Waals surface area contributed by atoms with Gasteiger partial charge in [0.1, 0.15) is 78.3 Å². The van der Waals surface area contributed by atoms with Crippen LogP contribution in [0.25, 0.3) is 0 Å². The van der Waals surface area contributed by atoms with E-state index in [4.69, 9.17) is 17.2 Å². The van der Waals surface area contributed by atoms with Crippen LogP contribution in [0.5, 0.6) is 5.75 Å². The second-order valence-electron chi connectivity index (χ2n) is 27.3. The molecular formula is C66H98N16O21. The zero-order valence-electron chi connectivity index (χ0n) is 58.4. The summed E-state index contributed by atoms with van der Waals surface area (Å²) in [6.07, 6.45) is -0.783. The van der Waals surface area contributed by atoms with Crippen molar-refractivity contribution in [3.8, 4) is 5.75 Å². The summed E-state index contributed by atoms with van der Waals surface area (Å²) in [5, 5.41) is 67.9. The largest absolute Gasteiger partial charge is 0.508 e. The maximum absolute atomic E-state index is 15.0. The standard InChI is InChI=1S/C66H98N16O21/c1-33(2)28-40(52(87)74-42(30-38(63(98)99)64(100)101)60(95)80-25-8-13-44(80)53(88)72-39(65(102)103)12-6-22-70-66(68)69)73-54(89)45-14-9-26-81(45)61(96)43(31-50(85)86)76-55(90)46-15-10-24-79(46)59(94)41(29-36-18-20-37(83)21-19-36)75-56(91)47-16-11-27-82(47)62(97)51(34(3)4)77-57(92)48-17-7-23-78(48)58(93)35(5)71-49(84)32-67/h18-21,33-35,38-48,51,83H,6-17,22-32,67H2,1-5H3,(H,71,84)(H,72,88)(H,73,89)(H,74,87)(H,75,91)(H,76,90)(H,77,92)(H,85,86)(H,98,99)(H,100,101)(H,102,103)(H4,68,69,70)/t35-,39-,40-,41-,42-,43-,44-,45-,46-,47-,48-,51-/m0/s1. The van der Waals surface area contributed by atoms with Crippen LogP contribution in [-0.4, -0.2) is 269 Å². The Kier molecular flexibility index (Phi) is 29.9. The Hall–Kier alpha value is -10.2. The Morgan fingerprint density at radius 3 is 1.31 bits per heavy atom. The fourth-order valence-electron chi connectivity index (χ4n) is 13.7. The van der Waals surface area contributed by atoms with E-state index in [0.29, 0.717) is 18.4 Å². The summed E-state index contributed by atoms with van der Waals surface area (Å²) in [7, 11) is 0. The average molecular weight is 1450 g/mol. The van der Waals surface area contributed by atoms with Gasteiger partial charge in [0.05, 0.1) is 13.0 Å². The van der Waals surface area contributed by atoms with Gasteiger partial charge in [-0.05, 0) is 120 Å². The van der Waals surface area contributed by atoms with Gasteiger partial charge >= 0.3 is 23.9 Å². The Morgan fingerprint density at radius 2 is 0.893 bits per heavy atom. The fraction of sp³-hybridized carbons (Fsp3) is 0.652. The number of carboxylic acids is 4. The van der Waals surface area contributed by atoms with Crippen molar-refractivity contribution in [1.29, 1.82) is 0 Å². The number of hydrogen-bond acceptors (Lipinski definition) is 19. The molecule has 6 rings (SSSR count). The van der Waals surface area contributed by atoms with Gasteiger partial charge in [0.15, 0.2) is 11.9 Å². The number of aromatic hydroxyl groups is 1. The van der Waals surface area contributed by atoms with Crippen molar-refractivity contribution < 1.29 is 102 Å². The summed E-state index contributed by atoms with van der Waals surface area (Å²) in [5.41, 5.74) is 16.6. The number of nitrogens with one attached hydrogen (secondary N) is 7. The van der Waals surface area contributed by atoms with E-state index in [0.717, 1.165) is 9.80 Å². The second kappa shape index (κ2) is 37.6. The van der Waals surface area contributed by atoms with Crippen LogP contribution in [0.2, 0.25) is 0 Å². The van der Waals surface area contributed by atoms with Gasteiger partial charge in [0.2, 0.25) is 70.9 Å². The van der Waals surface area contributed by atoms with Crippen molar-refractivity contribution in [1.82, 2.24) is 61.7 Å². The molecule has 0 radical (unpaired) electrons. The number of benzene rings is 1. The van der Waals surface area contributed by atoms with Gasteiger partial charge in [-0.3, -0.25) is 76.9 Å². The molecule has 0 spiro atoms. The summed E-state index contributed by atoms with van der Waals surface area (Å²) in [5.74, 6) is -20.3. The zero-order chi connectivity index (χ0) is 76.3. The highest BCUT2D eigenvalue weighted by Crippen LogP contribution is 2.28. The number of aliphatic carboxylic acids is 4. The van der Waals surface area contributed by atoms with Crippen molar-refractivity contribution in [2.45, 2.75) is 210 Å². The molecule has 5 fully saturated rings. The van der Waals surface area contributed by atoms with E-state index >= 15 is 0 Å². The van der Waals surface area contributed by atoms with Crippen molar-refractivity contribution >= 4 is 101 Å². The minimum atomic E-state index is -2.30. The lowest BCUT2D eigenvalue weighted by molar-refractivity contribution is -0.156. The third-order valence-electron chi connectivity index (χ3n) is 18.9. The predicted octanol–water partition coefficient (Wildman–Crippen LogP) is -4.25. The molecule has 18 N–H and O–H groups in total. The number of carboxylic acid groups (broad SMARTS) is 4. The first-order valence-corrected chi connectivity index (χ1v) is 34.7. The van der Waals surface area contributed by atoms with E-state index in [9.17, 15) is 102 Å². The van der Waals surface area contributed by atoms with Crippen LogP contribution in [0.1, 0.15) is 136 Å². The van der Waals surface area contributed by atoms with E-state index in [1.807, 2.05) is 0 Å². The molecule has 103 heavy (non-hydrogen) atoms. The molecule has 1 aromatic carbocycles. The predicted molar refractivity (Wildman–Crippen MR) is 361 cm³/mol. The molecule has 0 bridgehead atoms. The maximum Gasteiger partial charge on any atom is 0.326 e. The second-order valence-corrected chi connectivity index (χ2v) is 27.3. The number of likely N-dealkylation sites (tertiary alicyclic amines) is 5. The number of phenolic OH excluding ortho intramolecular Hbond substituents is 1. The Labute approximate surface area is 593 Å². The highest BCUT2D eigenvalue weighted by molar-refractivity contribution is 6.02. The summed E-state index contributed by atoms with van der Waals surface area (Å²) in [6.45, 7) is 7.75. The van der Waals surface area contributed by atoms with Crippen LogP contribution in [0, 0.1) is 17.8 Å². The summed E-state index contributed by atoms with van der Waals surface area (Å²) in [4.78, 5) is 229. The molecule has 12 atom stereocenters. The van der Waals surface area contributed by atoms with Crippen LogP contribution >= 0.6 is 0 Å². The first kappa shape index (κ1) is 81.7. The number of nitrogens with zero attached hydrogens (tertiary/aromatic N) is 6. The number of rotatable bonds is 35. The number of carbonyl (C=O) groups is 16. The number of aliphatic imine (C=N–C) groups is 1. The number of hydrogen-bond donors (Lipinski definition) is 15. The van der Waals surface area contributed by atoms with Crippen molar-refractivity contribution in [2.24, 2.45) is 39.9 Å². The molecule has 12 amide bonds. The average Bonchev–Trinajstić information content (AvgIpc) is 1.75. The molecule has 0 aromatic heterocycles. The van der Waals surface area contributed by atoms with Gasteiger partial charge in [-0.1, -0.05) is 39.8 Å². The number of guanidine groups is 1. The lowest BCUT2D eigenvalue weighted by Crippen LogP contribution is -2.61. The molecule has 568 valence electrons. The SMILES string of the molecule is CC(C)C[C@H](NC(=O)[C@@H]1CCCN1C(=O)[C@H](CC(=O)O)NC(=O)[C@@H]1CCCN1C(=O)[C@H](Cc1ccc(O)cc1)NC(=O)[C@@H]1CCCN1C(=O)[C@@H](NC(=O)[C@@H]1CCCN1C(=O)[C@H](C)NC(=O)CN)C(C)C)C(=O)N[C@@H](CC(C(=O)O)C(=O)O)C(=O)N1CCC[C@H]1C(=O)N[C@@H](CCCN=C(N)N)C(=O)O. The summed E-state index contributed by atoms with van der Waals surface area (Å²) < 4.78 is 0. The number of phenols is 1. The molecule has 0 saturated carbocycles. The maximum atomic E-state index is 15.0. The van der Waals surface area contributed by atoms with Gasteiger partial charge in [0.25, 0.3) is 0 Å². The lowest BCUT2D eigenvalue weighted by Gasteiger charge is -2.34. The molecule has 5 saturated heterocycles. The number of carbonyl (C=O) groups excluding carboxylic acids is 12. The summed E-state index contributed by atoms with van der Waals surface area (Å²) >= 11 is 0. The van der Waals surface area contributed by atoms with Crippen LogP contribution in [0.3, 0.4) is 0 Å². The smallest absolute Gasteiger partial charge is 0.326 e. The summed E-state index contributed by atoms with van der Waals surface area (Å²) in [6, 6.07) is -11.1. The minimum Gasteiger partial charge on any atom is -0.508 e. The molecule has 5 aliphatic heterocycles. The van der Waals surface area contributed by atoms with Crippen LogP contribution in [0.4, 0.5) is 0 Å². The van der Waals surface area contributed by atoms with E-state index in [-0.39, 0.29) is 135 Å². The van der Waals surface area contributed by atoms with E-state index in [1.54, 1.807) is 27.7 Å². The number of nitrogens with two attached hydrogens (primary N) is 3. The van der Waals surface area contributed by atoms with Crippen molar-refractivity contribution in [3.05, 3.63) is 29.8 Å². The molecule has 37 nitrogen and oxygen atoms in total. The molecule has 0 aliphatic carbocycles. The third kappa shape index (κ3) is 22.1. The Balaban J connectivity index is 1.17. The minimum absolute atomic E-state index is 0.00607. The highest BCUT2D eigenvalue weighted by atomic mass is 16.4. The first-order chi connectivity index (χ1) is 48.6. The van der Waals surface area contributed by atoms with Crippen LogP contribution < -0.4 is 54.4 Å². The zero-order valence-corrected chi connectivity index (χ0v) is 58.4. The lowest BCUT2D eigenvalue weighted by atomic mass is 9.97. The fourth-order valence-corrected chi connectivity index (χ4v) is 13.7. The van der Waals surface area contributed by atoms with Gasteiger partial charge in [-0.15, -0.1) is 0 Å². The van der Waals surface area contributed by atoms with Gasteiger partial charge < -0.3 is 104 Å². The molecule has 5 aliphatic rings. The van der Waals surface area contributed by atoms with E-state index < -0.39 is 198 Å². The monoisotopic (exact) mass is 1450 g/mol. The molecule has 0 unspecified atom stereocenters. The van der Waals surface area contributed by atoms with Gasteiger partial charge in [-0.2, -0.15) is 0 Å².